The molecule has 3 aromatic rings. The van der Waals surface area contributed by atoms with Crippen molar-refractivity contribution in [3.05, 3.63) is 59.4 Å². The van der Waals surface area contributed by atoms with Crippen LogP contribution < -0.4 is 9.30 Å². The van der Waals surface area contributed by atoms with Gasteiger partial charge in [-0.15, -0.1) is 0 Å². The summed E-state index contributed by atoms with van der Waals surface area (Å²) in [4.78, 5) is 27.5. The zero-order chi connectivity index (χ0) is 25.8. The van der Waals surface area contributed by atoms with Crippen LogP contribution in [0, 0.1) is 0 Å². The minimum Gasteiger partial charge on any atom is -0.485 e. The van der Waals surface area contributed by atoms with Crippen molar-refractivity contribution in [2.75, 3.05) is 13.2 Å². The summed E-state index contributed by atoms with van der Waals surface area (Å²) in [7, 11) is 0. The lowest BCUT2D eigenvalue weighted by Gasteiger charge is -2.17. The number of ether oxygens (including phenoxy) is 3. The number of nitrogens with zero attached hydrogens (tertiary/aromatic N) is 3. The van der Waals surface area contributed by atoms with Crippen molar-refractivity contribution in [3.8, 4) is 5.75 Å². The largest absolute Gasteiger partial charge is 0.485 e. The summed E-state index contributed by atoms with van der Waals surface area (Å²) in [6.45, 7) is 5.20. The van der Waals surface area contributed by atoms with Crippen LogP contribution in [0.3, 0.4) is 0 Å². The molecule has 2 amide bonds. The molecule has 3 aliphatic heterocycles. The van der Waals surface area contributed by atoms with E-state index in [2.05, 4.69) is 4.57 Å². The molecule has 0 bridgehead atoms. The van der Waals surface area contributed by atoms with Crippen LogP contribution in [0.4, 0.5) is 0 Å². The molecule has 5 unspecified atom stereocenters. The molecule has 4 heterocycles. The van der Waals surface area contributed by atoms with Gasteiger partial charge in [-0.2, -0.15) is 0 Å². The van der Waals surface area contributed by atoms with Crippen LogP contribution in [0.5, 0.6) is 5.75 Å². The first-order chi connectivity index (χ1) is 17.9. The Kier molecular flexibility index (Phi) is 5.99. The number of imide groups is 1. The van der Waals surface area contributed by atoms with E-state index in [1.807, 2.05) is 29.7 Å². The molecular weight excluding hydrogens is 478 g/mol. The van der Waals surface area contributed by atoms with Gasteiger partial charge >= 0.3 is 0 Å². The standard InChI is InChI=1S/C27H30N3O7/c1-3-28-19-9-8-16(37-22-14-36-24-21(32)13-35-25(22)24)10-20(19)29(11-15(2)31)23(28)12-30-26(33)17-6-4-5-7-18(17)27(30)34/h4-10,15,21-22,24-25,31-32H,3,11-14H2,1-2H3/q+1. The van der Waals surface area contributed by atoms with Crippen LogP contribution in [-0.4, -0.2) is 75.2 Å². The Morgan fingerprint density at radius 1 is 1.08 bits per heavy atom. The van der Waals surface area contributed by atoms with Gasteiger partial charge in [-0.25, -0.2) is 9.13 Å². The number of rotatable bonds is 7. The zero-order valence-electron chi connectivity index (χ0n) is 20.7. The number of aryl methyl sites for hydroxylation is 1. The highest BCUT2D eigenvalue weighted by molar-refractivity contribution is 6.21. The van der Waals surface area contributed by atoms with Crippen LogP contribution >= 0.6 is 0 Å². The SMILES string of the molecule is CC[n+]1c(CN2C(=O)c3ccccc3C2=O)n(CC(C)O)c2cc(OC3COC4C(O)COC34)ccc21. The van der Waals surface area contributed by atoms with Crippen molar-refractivity contribution in [1.29, 1.82) is 0 Å². The predicted octanol–water partition coefficient (Wildman–Crippen LogP) is 1.03. The Morgan fingerprint density at radius 2 is 1.78 bits per heavy atom. The Bertz CT molecular complexity index is 1350. The van der Waals surface area contributed by atoms with Gasteiger partial charge in [0.25, 0.3) is 17.6 Å². The molecule has 3 aliphatic rings. The second kappa shape index (κ2) is 9.21. The fourth-order valence-corrected chi connectivity index (χ4v) is 5.68. The molecule has 2 N–H and O–H groups in total. The van der Waals surface area contributed by atoms with E-state index < -0.39 is 12.2 Å². The van der Waals surface area contributed by atoms with E-state index in [1.165, 1.54) is 4.90 Å². The minimum atomic E-state index is -0.663. The number of fused-ring (bicyclic) bond motifs is 3. The number of aromatic nitrogens is 2. The van der Waals surface area contributed by atoms with Crippen molar-refractivity contribution in [2.24, 2.45) is 0 Å². The number of carbonyl (C=O) groups is 2. The van der Waals surface area contributed by atoms with E-state index in [0.717, 1.165) is 16.9 Å². The van der Waals surface area contributed by atoms with E-state index >= 15 is 0 Å². The normalized spacial score (nSPS) is 25.7. The van der Waals surface area contributed by atoms with E-state index in [1.54, 1.807) is 31.2 Å². The molecule has 6 rings (SSSR count). The molecule has 0 aliphatic carbocycles. The van der Waals surface area contributed by atoms with Gasteiger partial charge in [0, 0.05) is 6.07 Å². The van der Waals surface area contributed by atoms with Crippen LogP contribution in [0.1, 0.15) is 40.4 Å². The summed E-state index contributed by atoms with van der Waals surface area (Å²) in [6, 6.07) is 12.5. The number of carbonyl (C=O) groups excluding carboxylic acids is 2. The summed E-state index contributed by atoms with van der Waals surface area (Å²) < 4.78 is 21.6. The third-order valence-electron chi connectivity index (χ3n) is 7.36. The van der Waals surface area contributed by atoms with Gasteiger partial charge in [-0.1, -0.05) is 12.1 Å². The number of amides is 2. The van der Waals surface area contributed by atoms with E-state index in [0.29, 0.717) is 30.0 Å². The Hall–Kier alpha value is -3.31. The number of hydrogen-bond acceptors (Lipinski definition) is 7. The number of aliphatic hydroxyl groups is 2. The molecule has 37 heavy (non-hydrogen) atoms. The summed E-state index contributed by atoms with van der Waals surface area (Å²) in [5.41, 5.74) is 2.52. The quantitative estimate of drug-likeness (QED) is 0.362. The highest BCUT2D eigenvalue weighted by Crippen LogP contribution is 2.32. The first kappa shape index (κ1) is 24.1. The second-order valence-corrected chi connectivity index (χ2v) is 9.83. The molecule has 0 saturated carbocycles. The summed E-state index contributed by atoms with van der Waals surface area (Å²) in [6.07, 6.45) is -2.39. The molecule has 10 heteroatoms. The smallest absolute Gasteiger partial charge is 0.278 e. The van der Waals surface area contributed by atoms with E-state index in [4.69, 9.17) is 14.2 Å². The van der Waals surface area contributed by atoms with Crippen LogP contribution in [0.15, 0.2) is 42.5 Å². The number of imidazole rings is 1. The molecule has 2 aromatic carbocycles. The fraction of sp³-hybridized carbons (Fsp3) is 0.444. The molecule has 2 saturated heterocycles. The van der Waals surface area contributed by atoms with Crippen LogP contribution in [0.25, 0.3) is 11.0 Å². The zero-order valence-corrected chi connectivity index (χ0v) is 20.7. The monoisotopic (exact) mass is 508 g/mol. The number of aliphatic hydroxyl groups excluding tert-OH is 2. The Labute approximate surface area is 213 Å². The lowest BCUT2D eigenvalue weighted by atomic mass is 10.1. The number of benzene rings is 2. The maximum atomic E-state index is 13.1. The summed E-state index contributed by atoms with van der Waals surface area (Å²) in [5.74, 6) is 0.689. The highest BCUT2D eigenvalue weighted by Gasteiger charge is 2.48. The van der Waals surface area contributed by atoms with Crippen molar-refractivity contribution < 1.29 is 38.6 Å². The topological polar surface area (TPSA) is 114 Å². The van der Waals surface area contributed by atoms with Crippen LogP contribution in [-0.2, 0) is 29.1 Å². The van der Waals surface area contributed by atoms with Gasteiger partial charge < -0.3 is 24.4 Å². The Morgan fingerprint density at radius 3 is 2.46 bits per heavy atom. The predicted molar refractivity (Wildman–Crippen MR) is 130 cm³/mol. The van der Waals surface area contributed by atoms with Gasteiger partial charge in [-0.05, 0) is 38.1 Å². The molecule has 10 nitrogen and oxygen atoms in total. The molecule has 5 atom stereocenters. The first-order valence-electron chi connectivity index (χ1n) is 12.6. The van der Waals surface area contributed by atoms with Crippen LogP contribution in [0.2, 0.25) is 0 Å². The van der Waals surface area contributed by atoms with Gasteiger partial charge in [0.05, 0.1) is 37.0 Å². The Balaban J connectivity index is 1.36. The lowest BCUT2D eigenvalue weighted by molar-refractivity contribution is -0.677. The lowest BCUT2D eigenvalue weighted by Crippen LogP contribution is -2.42. The van der Waals surface area contributed by atoms with Gasteiger partial charge in [0.15, 0.2) is 17.1 Å². The molecular formula is C27H30N3O7+. The molecule has 1 aromatic heterocycles. The van der Waals surface area contributed by atoms with Crippen molar-refractivity contribution in [3.63, 3.8) is 0 Å². The highest BCUT2D eigenvalue weighted by atomic mass is 16.6. The second-order valence-electron chi connectivity index (χ2n) is 9.83. The summed E-state index contributed by atoms with van der Waals surface area (Å²) >= 11 is 0. The maximum absolute atomic E-state index is 13.1. The average molecular weight is 509 g/mol. The average Bonchev–Trinajstić information content (AvgIpc) is 3.60. The molecule has 2 fully saturated rings. The van der Waals surface area contributed by atoms with Gasteiger partial charge in [-0.3, -0.25) is 14.5 Å². The van der Waals surface area contributed by atoms with Crippen molar-refractivity contribution in [1.82, 2.24) is 9.47 Å². The molecule has 0 spiro atoms. The molecule has 0 radical (unpaired) electrons. The van der Waals surface area contributed by atoms with Crippen molar-refractivity contribution in [2.45, 2.75) is 64.0 Å². The van der Waals surface area contributed by atoms with Crippen molar-refractivity contribution >= 4 is 22.8 Å². The fourth-order valence-electron chi connectivity index (χ4n) is 5.68. The third-order valence-corrected chi connectivity index (χ3v) is 7.36. The minimum absolute atomic E-state index is 0.0731. The third kappa shape index (κ3) is 3.91. The van der Waals surface area contributed by atoms with Gasteiger partial charge in [0.1, 0.15) is 37.2 Å². The first-order valence-corrected chi connectivity index (χ1v) is 12.6. The van der Waals surface area contributed by atoms with E-state index in [-0.39, 0.29) is 49.8 Å². The maximum Gasteiger partial charge on any atom is 0.278 e. The molecule has 194 valence electrons. The van der Waals surface area contributed by atoms with E-state index in [9.17, 15) is 19.8 Å². The summed E-state index contributed by atoms with van der Waals surface area (Å²) in [5, 5.41) is 20.4. The van der Waals surface area contributed by atoms with Gasteiger partial charge in [0.2, 0.25) is 0 Å². The number of hydrogen-bond donors (Lipinski definition) is 2.